The van der Waals surface area contributed by atoms with Crippen LogP contribution in [0.25, 0.3) is 21.3 Å². The number of benzene rings is 3. The van der Waals surface area contributed by atoms with Gasteiger partial charge in [-0.15, -0.1) is 21.5 Å². The summed E-state index contributed by atoms with van der Waals surface area (Å²) in [4.78, 5) is 4.50. The first kappa shape index (κ1) is 28.0. The maximum Gasteiger partial charge on any atom is 0.416 e. The van der Waals surface area contributed by atoms with E-state index in [1.54, 1.807) is 6.07 Å². The maximum atomic E-state index is 13.8. The molecule has 15 heteroatoms. The highest BCUT2D eigenvalue weighted by Crippen LogP contribution is 2.38. The van der Waals surface area contributed by atoms with Gasteiger partial charge in [-0.05, 0) is 34.9 Å². The number of hydrogen-bond acceptors (Lipinski definition) is 8. The van der Waals surface area contributed by atoms with Gasteiger partial charge in [-0.2, -0.15) is 13.2 Å². The van der Waals surface area contributed by atoms with Gasteiger partial charge >= 0.3 is 6.18 Å². The Labute approximate surface area is 232 Å². The summed E-state index contributed by atoms with van der Waals surface area (Å²) >= 11 is -1.30. The summed E-state index contributed by atoms with van der Waals surface area (Å²) in [6, 6.07) is 19.0. The standard InChI is InChI=1S/C25H19F3N4O5S3/c26-25(27,28)18-8-4-5-15(11-18)14-40(35,36)22(23-32-31-21(37-23)13-29-39(33)34)24-30-19-10-9-17(12-20(19)38-24)16-6-2-1-3-7-16/h1-12,22,29H,13-14H2,(H,33,34). The number of fused-ring (bicyclic) bond motifs is 1. The van der Waals surface area contributed by atoms with Gasteiger partial charge in [-0.25, -0.2) is 22.3 Å². The SMILES string of the molecule is O=S(O)NCc1nnc(C(c2nc3ccc(-c4ccccc4)cc3s2)S(=O)(=O)Cc2cccc(C(F)(F)F)c2)o1. The lowest BCUT2D eigenvalue weighted by Crippen LogP contribution is -2.18. The first-order valence-corrected chi connectivity index (χ1v) is 15.1. The average molecular weight is 609 g/mol. The minimum absolute atomic E-state index is 0.0793. The lowest BCUT2D eigenvalue weighted by molar-refractivity contribution is -0.137. The average Bonchev–Trinajstić information content (AvgIpc) is 3.54. The van der Waals surface area contributed by atoms with Crippen LogP contribution in [0, 0.1) is 0 Å². The van der Waals surface area contributed by atoms with E-state index in [9.17, 15) is 25.8 Å². The fourth-order valence-corrected chi connectivity index (χ4v) is 7.38. The van der Waals surface area contributed by atoms with E-state index in [0.29, 0.717) is 10.2 Å². The first-order valence-electron chi connectivity index (χ1n) is 11.5. The molecule has 2 atom stereocenters. The molecule has 0 bridgehead atoms. The molecule has 2 heterocycles. The summed E-state index contributed by atoms with van der Waals surface area (Å²) in [5.41, 5.74) is 1.28. The summed E-state index contributed by atoms with van der Waals surface area (Å²) in [6.07, 6.45) is -4.65. The third kappa shape index (κ3) is 6.28. The van der Waals surface area contributed by atoms with Crippen molar-refractivity contribution in [1.29, 1.82) is 0 Å². The van der Waals surface area contributed by atoms with Crippen LogP contribution in [0.4, 0.5) is 13.2 Å². The van der Waals surface area contributed by atoms with E-state index in [1.807, 2.05) is 42.5 Å². The number of rotatable bonds is 9. The summed E-state index contributed by atoms with van der Waals surface area (Å²) in [7, 11) is -4.32. The third-order valence-electron chi connectivity index (χ3n) is 5.77. The predicted molar refractivity (Wildman–Crippen MR) is 143 cm³/mol. The largest absolute Gasteiger partial charge is 0.422 e. The number of aromatic nitrogens is 3. The number of nitrogens with zero attached hydrogens (tertiary/aromatic N) is 3. The number of thiazole rings is 1. The van der Waals surface area contributed by atoms with Crippen molar-refractivity contribution in [2.24, 2.45) is 0 Å². The van der Waals surface area contributed by atoms with E-state index in [-0.39, 0.29) is 28.9 Å². The van der Waals surface area contributed by atoms with Crippen molar-refractivity contribution in [2.45, 2.75) is 23.7 Å². The van der Waals surface area contributed by atoms with Crippen LogP contribution >= 0.6 is 11.3 Å². The van der Waals surface area contributed by atoms with Crippen molar-refractivity contribution in [1.82, 2.24) is 19.9 Å². The van der Waals surface area contributed by atoms with Gasteiger partial charge in [0.05, 0.1) is 28.1 Å². The van der Waals surface area contributed by atoms with Gasteiger partial charge in [0.1, 0.15) is 5.01 Å². The van der Waals surface area contributed by atoms with Crippen LogP contribution in [0.2, 0.25) is 0 Å². The molecule has 5 rings (SSSR count). The van der Waals surface area contributed by atoms with Crippen molar-refractivity contribution < 1.29 is 34.8 Å². The Morgan fingerprint density at radius 1 is 1.00 bits per heavy atom. The van der Waals surface area contributed by atoms with Crippen molar-refractivity contribution in [3.63, 3.8) is 0 Å². The molecule has 40 heavy (non-hydrogen) atoms. The van der Waals surface area contributed by atoms with Crippen LogP contribution < -0.4 is 4.72 Å². The highest BCUT2D eigenvalue weighted by atomic mass is 32.2. The molecule has 2 aromatic heterocycles. The fraction of sp³-hybridized carbons (Fsp3) is 0.160. The first-order chi connectivity index (χ1) is 19.0. The predicted octanol–water partition coefficient (Wildman–Crippen LogP) is 5.30. The highest BCUT2D eigenvalue weighted by Gasteiger charge is 2.38. The van der Waals surface area contributed by atoms with Crippen LogP contribution in [0.3, 0.4) is 0 Å². The van der Waals surface area contributed by atoms with Gasteiger partial charge in [0.15, 0.2) is 15.1 Å². The molecule has 0 aliphatic carbocycles. The molecule has 0 amide bonds. The molecular weight excluding hydrogens is 589 g/mol. The molecule has 0 saturated carbocycles. The van der Waals surface area contributed by atoms with Crippen LogP contribution in [0.5, 0.6) is 0 Å². The van der Waals surface area contributed by atoms with E-state index in [4.69, 9.17) is 8.97 Å². The Morgan fingerprint density at radius 3 is 2.50 bits per heavy atom. The second-order valence-corrected chi connectivity index (χ2v) is 12.5. The zero-order valence-corrected chi connectivity index (χ0v) is 22.6. The summed E-state index contributed by atoms with van der Waals surface area (Å²) in [5.74, 6) is -1.29. The Morgan fingerprint density at radius 2 is 1.77 bits per heavy atom. The molecular formula is C25H19F3N4O5S3. The molecule has 9 nitrogen and oxygen atoms in total. The Hall–Kier alpha value is -3.50. The Bertz CT molecular complexity index is 1790. The normalized spacial score (nSPS) is 13.9. The molecule has 0 aliphatic heterocycles. The van der Waals surface area contributed by atoms with Crippen LogP contribution in [0.1, 0.15) is 33.2 Å². The molecule has 0 spiro atoms. The summed E-state index contributed by atoms with van der Waals surface area (Å²) < 4.78 is 95.5. The highest BCUT2D eigenvalue weighted by molar-refractivity contribution is 7.91. The lowest BCUT2D eigenvalue weighted by Gasteiger charge is -2.13. The Balaban J connectivity index is 1.56. The van der Waals surface area contributed by atoms with E-state index in [1.165, 1.54) is 6.07 Å². The Kier molecular flexibility index (Phi) is 7.83. The van der Waals surface area contributed by atoms with Gasteiger partial charge < -0.3 is 4.42 Å². The molecule has 0 radical (unpaired) electrons. The van der Waals surface area contributed by atoms with E-state index in [2.05, 4.69) is 19.9 Å². The van der Waals surface area contributed by atoms with Crippen LogP contribution in [-0.4, -0.2) is 32.4 Å². The zero-order chi connectivity index (χ0) is 28.5. The molecule has 0 fully saturated rings. The number of nitrogens with one attached hydrogen (secondary N) is 1. The number of sulfone groups is 1. The van der Waals surface area contributed by atoms with Crippen LogP contribution in [-0.2, 0) is 39.6 Å². The monoisotopic (exact) mass is 608 g/mol. The van der Waals surface area contributed by atoms with Gasteiger partial charge in [-0.1, -0.05) is 54.6 Å². The molecule has 5 aromatic rings. The summed E-state index contributed by atoms with van der Waals surface area (Å²) in [6.45, 7) is -0.323. The lowest BCUT2D eigenvalue weighted by atomic mass is 10.1. The second-order valence-electron chi connectivity index (χ2n) is 8.59. The molecule has 2 unspecified atom stereocenters. The van der Waals surface area contributed by atoms with Gasteiger partial charge in [0, 0.05) is 0 Å². The molecule has 0 saturated heterocycles. The quantitative estimate of drug-likeness (QED) is 0.215. The van der Waals surface area contributed by atoms with Crippen molar-refractivity contribution >= 4 is 42.7 Å². The van der Waals surface area contributed by atoms with Crippen molar-refractivity contribution in [3.05, 3.63) is 101 Å². The molecule has 0 aliphatic rings. The minimum atomic E-state index is -4.65. The molecule has 208 valence electrons. The third-order valence-corrected chi connectivity index (χ3v) is 9.27. The summed E-state index contributed by atoms with van der Waals surface area (Å²) in [5, 5.41) is 6.08. The van der Waals surface area contributed by atoms with Crippen LogP contribution in [0.15, 0.2) is 77.2 Å². The smallest absolute Gasteiger partial charge is 0.416 e. The van der Waals surface area contributed by atoms with E-state index in [0.717, 1.165) is 40.7 Å². The second kappa shape index (κ2) is 11.2. The molecule has 2 N–H and O–H groups in total. The van der Waals surface area contributed by atoms with Gasteiger partial charge in [-0.3, -0.25) is 4.55 Å². The number of alkyl halides is 3. The van der Waals surface area contributed by atoms with Crippen molar-refractivity contribution in [2.75, 3.05) is 0 Å². The van der Waals surface area contributed by atoms with Crippen molar-refractivity contribution in [3.8, 4) is 11.1 Å². The fourth-order valence-electron chi connectivity index (χ4n) is 4.00. The zero-order valence-electron chi connectivity index (χ0n) is 20.2. The number of halogens is 3. The van der Waals surface area contributed by atoms with Gasteiger partial charge in [0.25, 0.3) is 0 Å². The van der Waals surface area contributed by atoms with E-state index < -0.39 is 43.8 Å². The topological polar surface area (TPSA) is 135 Å². The maximum absolute atomic E-state index is 13.8. The number of hydrogen-bond donors (Lipinski definition) is 2. The molecule has 3 aromatic carbocycles. The van der Waals surface area contributed by atoms with E-state index >= 15 is 0 Å². The van der Waals surface area contributed by atoms with Gasteiger partial charge in [0.2, 0.25) is 23.0 Å². The minimum Gasteiger partial charge on any atom is -0.422 e.